The molecule has 4 heteroatoms. The summed E-state index contributed by atoms with van der Waals surface area (Å²) >= 11 is 0. The molecule has 0 fully saturated rings. The van der Waals surface area contributed by atoms with Gasteiger partial charge in [-0.2, -0.15) is 0 Å². The van der Waals surface area contributed by atoms with Crippen molar-refractivity contribution in [3.8, 4) is 11.4 Å². The molecule has 0 saturated carbocycles. The fraction of sp³-hybridized carbons (Fsp3) is 0.389. The molecule has 0 aliphatic rings. The van der Waals surface area contributed by atoms with Crippen LogP contribution in [0, 0.1) is 13.8 Å². The van der Waals surface area contributed by atoms with Crippen LogP contribution in [0.1, 0.15) is 30.7 Å². The highest BCUT2D eigenvalue weighted by molar-refractivity contribution is 5.50. The largest absolute Gasteiger partial charge is 0.495 e. The van der Waals surface area contributed by atoms with E-state index in [1.807, 2.05) is 36.7 Å². The molecule has 0 radical (unpaired) electrons. The van der Waals surface area contributed by atoms with Gasteiger partial charge in [0.25, 0.3) is 0 Å². The van der Waals surface area contributed by atoms with Gasteiger partial charge in [-0.3, -0.25) is 4.79 Å². The third-order valence-electron chi connectivity index (χ3n) is 3.62. The molecular weight excluding hydrogens is 276 g/mol. The van der Waals surface area contributed by atoms with Crippen molar-refractivity contribution >= 4 is 0 Å². The summed E-state index contributed by atoms with van der Waals surface area (Å²) in [5.74, 6) is 0.792. The van der Waals surface area contributed by atoms with Crippen molar-refractivity contribution in [2.45, 2.75) is 40.3 Å². The van der Waals surface area contributed by atoms with Crippen molar-refractivity contribution in [1.82, 2.24) is 9.88 Å². The van der Waals surface area contributed by atoms with Gasteiger partial charge in [-0.15, -0.1) is 0 Å². The average Bonchev–Trinajstić information content (AvgIpc) is 2.46. The van der Waals surface area contributed by atoms with Crippen molar-refractivity contribution in [1.29, 1.82) is 0 Å². The number of benzene rings is 1. The zero-order valence-electron chi connectivity index (χ0n) is 13.9. The van der Waals surface area contributed by atoms with Gasteiger partial charge in [-0.25, -0.2) is 0 Å². The molecule has 0 atom stereocenters. The number of aromatic nitrogens is 1. The molecule has 0 amide bonds. The summed E-state index contributed by atoms with van der Waals surface area (Å²) in [5.41, 5.74) is 3.81. The minimum absolute atomic E-state index is 0.0634. The van der Waals surface area contributed by atoms with Gasteiger partial charge in [-0.1, -0.05) is 19.9 Å². The van der Waals surface area contributed by atoms with E-state index in [1.54, 1.807) is 13.2 Å². The van der Waals surface area contributed by atoms with Gasteiger partial charge in [0.1, 0.15) is 5.75 Å². The van der Waals surface area contributed by atoms with Gasteiger partial charge < -0.3 is 14.6 Å². The number of pyridine rings is 1. The number of hydrogen-bond donors (Lipinski definition) is 1. The minimum Gasteiger partial charge on any atom is -0.495 e. The molecule has 2 rings (SSSR count). The Morgan fingerprint density at radius 1 is 1.23 bits per heavy atom. The highest BCUT2D eigenvalue weighted by Crippen LogP contribution is 2.25. The van der Waals surface area contributed by atoms with Crippen LogP contribution in [0.15, 0.2) is 35.3 Å². The second-order valence-corrected chi connectivity index (χ2v) is 5.89. The molecular formula is C18H24N2O2. The third kappa shape index (κ3) is 3.57. The van der Waals surface area contributed by atoms with Gasteiger partial charge in [0.05, 0.1) is 12.8 Å². The summed E-state index contributed by atoms with van der Waals surface area (Å²) in [6.07, 6.45) is 1.91. The zero-order chi connectivity index (χ0) is 16.3. The number of ether oxygens (including phenoxy) is 1. The topological polar surface area (TPSA) is 43.3 Å². The molecule has 1 aromatic carbocycles. The number of nitrogens with one attached hydrogen (secondary N) is 1. The van der Waals surface area contributed by atoms with E-state index >= 15 is 0 Å². The molecule has 1 aromatic heterocycles. The quantitative estimate of drug-likeness (QED) is 0.923. The summed E-state index contributed by atoms with van der Waals surface area (Å²) in [5, 5.41) is 3.30. The highest BCUT2D eigenvalue weighted by Gasteiger charge is 2.10. The molecule has 1 N–H and O–H groups in total. The lowest BCUT2D eigenvalue weighted by molar-refractivity contribution is 0.412. The molecule has 118 valence electrons. The van der Waals surface area contributed by atoms with E-state index in [4.69, 9.17) is 4.74 Å². The number of nitrogens with zero attached hydrogens (tertiary/aromatic N) is 1. The standard InChI is InChI=1S/C18H24N2O2/c1-12(2)19-10-15-11-20(14(4)9-17(15)21)16-8-13(3)6-7-18(16)22-5/h6-9,11-12,19H,10H2,1-5H3. The van der Waals surface area contributed by atoms with Gasteiger partial charge >= 0.3 is 0 Å². The van der Waals surface area contributed by atoms with Crippen LogP contribution in [0.4, 0.5) is 0 Å². The first kappa shape index (κ1) is 16.3. The van der Waals surface area contributed by atoms with Crippen molar-refractivity contribution < 1.29 is 4.74 Å². The highest BCUT2D eigenvalue weighted by atomic mass is 16.5. The maximum absolute atomic E-state index is 12.2. The molecule has 0 aliphatic heterocycles. The maximum atomic E-state index is 12.2. The van der Waals surface area contributed by atoms with E-state index in [0.717, 1.165) is 28.3 Å². The predicted molar refractivity (Wildman–Crippen MR) is 90.0 cm³/mol. The molecule has 0 aliphatic carbocycles. The normalized spacial score (nSPS) is 11.0. The van der Waals surface area contributed by atoms with Crippen LogP contribution >= 0.6 is 0 Å². The van der Waals surface area contributed by atoms with Crippen molar-refractivity contribution in [2.24, 2.45) is 0 Å². The Bertz CT molecular complexity index is 718. The number of aryl methyl sites for hydroxylation is 2. The summed E-state index contributed by atoms with van der Waals surface area (Å²) in [4.78, 5) is 12.2. The molecule has 0 saturated heterocycles. The molecule has 22 heavy (non-hydrogen) atoms. The smallest absolute Gasteiger partial charge is 0.186 e. The first-order valence-corrected chi connectivity index (χ1v) is 7.53. The van der Waals surface area contributed by atoms with Crippen molar-refractivity contribution in [2.75, 3.05) is 7.11 Å². The van der Waals surface area contributed by atoms with Crippen LogP contribution in [-0.2, 0) is 6.54 Å². The molecule has 4 nitrogen and oxygen atoms in total. The lowest BCUT2D eigenvalue weighted by Gasteiger charge is -2.17. The van der Waals surface area contributed by atoms with Crippen LogP contribution in [-0.4, -0.2) is 17.7 Å². The van der Waals surface area contributed by atoms with Crippen molar-refractivity contribution in [3.63, 3.8) is 0 Å². The van der Waals surface area contributed by atoms with E-state index in [1.165, 1.54) is 0 Å². The van der Waals surface area contributed by atoms with E-state index in [9.17, 15) is 4.79 Å². The zero-order valence-corrected chi connectivity index (χ0v) is 13.9. The Hall–Kier alpha value is -2.07. The molecule has 2 aromatic rings. The minimum atomic E-state index is 0.0634. The monoisotopic (exact) mass is 300 g/mol. The predicted octanol–water partition coefficient (Wildman–Crippen LogP) is 2.96. The Balaban J connectivity index is 2.53. The second kappa shape index (κ2) is 6.79. The van der Waals surface area contributed by atoms with E-state index in [-0.39, 0.29) is 5.43 Å². The maximum Gasteiger partial charge on any atom is 0.186 e. The number of rotatable bonds is 5. The van der Waals surface area contributed by atoms with Crippen molar-refractivity contribution in [3.05, 3.63) is 57.5 Å². The second-order valence-electron chi connectivity index (χ2n) is 5.89. The summed E-state index contributed by atoms with van der Waals surface area (Å²) in [6, 6.07) is 8.05. The summed E-state index contributed by atoms with van der Waals surface area (Å²) in [6.45, 7) is 8.67. The van der Waals surface area contributed by atoms with E-state index in [0.29, 0.717) is 12.6 Å². The first-order chi connectivity index (χ1) is 10.4. The molecule has 0 unspecified atom stereocenters. The SMILES string of the molecule is COc1ccc(C)cc1-n1cc(CNC(C)C)c(=O)cc1C. The van der Waals surface area contributed by atoms with E-state index in [2.05, 4.69) is 25.2 Å². The van der Waals surface area contributed by atoms with Crippen LogP contribution in [0.3, 0.4) is 0 Å². The Morgan fingerprint density at radius 2 is 1.95 bits per heavy atom. The summed E-state index contributed by atoms with van der Waals surface area (Å²) in [7, 11) is 1.66. The van der Waals surface area contributed by atoms with Gasteiger partial charge in [0, 0.05) is 36.1 Å². The van der Waals surface area contributed by atoms with Crippen LogP contribution < -0.4 is 15.5 Å². The van der Waals surface area contributed by atoms with Gasteiger partial charge in [0.15, 0.2) is 5.43 Å². The number of hydrogen-bond acceptors (Lipinski definition) is 3. The average molecular weight is 300 g/mol. The lowest BCUT2D eigenvalue weighted by atomic mass is 10.1. The lowest BCUT2D eigenvalue weighted by Crippen LogP contribution is -2.26. The fourth-order valence-corrected chi connectivity index (χ4v) is 2.37. The molecule has 0 spiro atoms. The fourth-order valence-electron chi connectivity index (χ4n) is 2.37. The third-order valence-corrected chi connectivity index (χ3v) is 3.62. The first-order valence-electron chi connectivity index (χ1n) is 7.53. The Kier molecular flexibility index (Phi) is 5.03. The van der Waals surface area contributed by atoms with Crippen LogP contribution in [0.5, 0.6) is 5.75 Å². The van der Waals surface area contributed by atoms with Crippen LogP contribution in [0.2, 0.25) is 0 Å². The van der Waals surface area contributed by atoms with E-state index < -0.39 is 0 Å². The van der Waals surface area contributed by atoms with Gasteiger partial charge in [0.2, 0.25) is 0 Å². The van der Waals surface area contributed by atoms with Gasteiger partial charge in [-0.05, 0) is 31.5 Å². The molecule has 0 bridgehead atoms. The molecule has 1 heterocycles. The summed E-state index contributed by atoms with van der Waals surface area (Å²) < 4.78 is 7.48. The number of methoxy groups -OCH3 is 1. The Morgan fingerprint density at radius 3 is 2.59 bits per heavy atom. The Labute approximate surface area is 131 Å². The van der Waals surface area contributed by atoms with Crippen LogP contribution in [0.25, 0.3) is 5.69 Å².